The number of hydrogen-bond donors (Lipinski definition) is 2. The molecule has 0 bridgehead atoms. The molecule has 3 aromatic rings. The lowest BCUT2D eigenvalue weighted by Crippen LogP contribution is -2.35. The summed E-state index contributed by atoms with van der Waals surface area (Å²) in [4.78, 5) is 35.5. The summed E-state index contributed by atoms with van der Waals surface area (Å²) in [5, 5.41) is 4.59. The lowest BCUT2D eigenvalue weighted by Gasteiger charge is -2.08. The Morgan fingerprint density at radius 3 is 2.16 bits per heavy atom. The molecule has 0 aliphatic heterocycles. The maximum absolute atomic E-state index is 13.1. The Morgan fingerprint density at radius 1 is 0.781 bits per heavy atom. The van der Waals surface area contributed by atoms with Gasteiger partial charge in [0.25, 0.3) is 5.91 Å². The summed E-state index contributed by atoms with van der Waals surface area (Å²) in [5.74, 6) is -4.04. The van der Waals surface area contributed by atoms with Gasteiger partial charge in [0.2, 0.25) is 5.91 Å². The van der Waals surface area contributed by atoms with Crippen LogP contribution >= 0.6 is 0 Å². The number of amides is 2. The summed E-state index contributed by atoms with van der Waals surface area (Å²) in [5.41, 5.74) is 2.87. The van der Waals surface area contributed by atoms with Crippen molar-refractivity contribution in [2.75, 3.05) is 18.5 Å². The first kappa shape index (κ1) is 22.6. The number of carbonyl (C=O) groups excluding carboxylic acids is 3. The van der Waals surface area contributed by atoms with E-state index in [0.717, 1.165) is 28.8 Å². The summed E-state index contributed by atoms with van der Waals surface area (Å²) in [7, 11) is 0. The van der Waals surface area contributed by atoms with Crippen LogP contribution in [0.25, 0.3) is 11.1 Å². The number of nitrogens with one attached hydrogen (secondary N) is 2. The van der Waals surface area contributed by atoms with Crippen LogP contribution in [0.15, 0.2) is 72.8 Å². The molecular formula is C24H20F2N2O4. The number of halogens is 2. The monoisotopic (exact) mass is 438 g/mol. The zero-order valence-corrected chi connectivity index (χ0v) is 16.9. The molecule has 0 saturated carbocycles. The van der Waals surface area contributed by atoms with E-state index in [0.29, 0.717) is 0 Å². The minimum atomic E-state index is -1.10. The summed E-state index contributed by atoms with van der Waals surface area (Å²) in [6.45, 7) is -0.963. The number of anilines is 1. The molecule has 32 heavy (non-hydrogen) atoms. The largest absolute Gasteiger partial charge is 0.455 e. The van der Waals surface area contributed by atoms with Crippen LogP contribution < -0.4 is 10.6 Å². The molecule has 0 atom stereocenters. The molecule has 2 N–H and O–H groups in total. The molecule has 0 fully saturated rings. The minimum Gasteiger partial charge on any atom is -0.455 e. The molecule has 0 spiro atoms. The van der Waals surface area contributed by atoms with E-state index < -0.39 is 42.6 Å². The molecule has 0 aromatic heterocycles. The Labute approximate surface area is 183 Å². The maximum atomic E-state index is 13.1. The van der Waals surface area contributed by atoms with Crippen molar-refractivity contribution in [2.24, 2.45) is 0 Å². The van der Waals surface area contributed by atoms with Gasteiger partial charge in [-0.3, -0.25) is 14.4 Å². The normalized spacial score (nSPS) is 10.3. The zero-order valence-electron chi connectivity index (χ0n) is 16.9. The van der Waals surface area contributed by atoms with Crippen molar-refractivity contribution < 1.29 is 27.9 Å². The Balaban J connectivity index is 1.38. The van der Waals surface area contributed by atoms with E-state index in [1.54, 1.807) is 0 Å². The second-order valence-corrected chi connectivity index (χ2v) is 6.85. The molecule has 0 saturated heterocycles. The smallest absolute Gasteiger partial charge is 0.310 e. The van der Waals surface area contributed by atoms with Crippen LogP contribution in [-0.4, -0.2) is 30.9 Å². The Morgan fingerprint density at radius 2 is 1.47 bits per heavy atom. The van der Waals surface area contributed by atoms with Crippen molar-refractivity contribution >= 4 is 23.5 Å². The number of esters is 1. The number of carbonyl (C=O) groups is 3. The van der Waals surface area contributed by atoms with Gasteiger partial charge in [0, 0.05) is 11.8 Å². The molecule has 164 valence electrons. The molecule has 0 radical (unpaired) electrons. The third-order valence-electron chi connectivity index (χ3n) is 4.42. The highest BCUT2D eigenvalue weighted by Gasteiger charge is 2.11. The van der Waals surface area contributed by atoms with Gasteiger partial charge >= 0.3 is 5.97 Å². The molecule has 8 heteroatoms. The van der Waals surface area contributed by atoms with Gasteiger partial charge in [-0.25, -0.2) is 8.78 Å². The molecule has 0 aliphatic carbocycles. The number of ether oxygens (including phenoxy) is 1. The summed E-state index contributed by atoms with van der Waals surface area (Å²) in [6.07, 6.45) is -0.00103. The fraction of sp³-hybridized carbons (Fsp3) is 0.125. The quantitative estimate of drug-likeness (QED) is 0.528. The third-order valence-corrected chi connectivity index (χ3v) is 4.42. The summed E-state index contributed by atoms with van der Waals surface area (Å²) < 4.78 is 30.9. The fourth-order valence-electron chi connectivity index (χ4n) is 2.82. The second-order valence-electron chi connectivity index (χ2n) is 6.85. The van der Waals surface area contributed by atoms with E-state index in [1.807, 2.05) is 54.6 Å². The van der Waals surface area contributed by atoms with Crippen LogP contribution in [0, 0.1) is 11.6 Å². The zero-order chi connectivity index (χ0) is 22.9. The van der Waals surface area contributed by atoms with Gasteiger partial charge in [0.1, 0.15) is 0 Å². The van der Waals surface area contributed by atoms with Crippen molar-refractivity contribution in [1.82, 2.24) is 5.32 Å². The first-order chi connectivity index (χ1) is 15.4. The number of rotatable bonds is 8. The average molecular weight is 438 g/mol. The first-order valence-corrected chi connectivity index (χ1v) is 9.72. The van der Waals surface area contributed by atoms with Crippen LogP contribution in [0.3, 0.4) is 0 Å². The molecule has 3 aromatic carbocycles. The first-order valence-electron chi connectivity index (χ1n) is 9.72. The molecular weight excluding hydrogens is 418 g/mol. The van der Waals surface area contributed by atoms with Gasteiger partial charge in [-0.15, -0.1) is 0 Å². The van der Waals surface area contributed by atoms with Crippen molar-refractivity contribution in [3.8, 4) is 11.1 Å². The predicted octanol–water partition coefficient (Wildman–Crippen LogP) is 3.47. The van der Waals surface area contributed by atoms with Crippen LogP contribution in [0.4, 0.5) is 14.5 Å². The van der Waals surface area contributed by atoms with Crippen LogP contribution in [0.5, 0.6) is 0 Å². The molecule has 3 rings (SSSR count). The predicted molar refractivity (Wildman–Crippen MR) is 115 cm³/mol. The molecule has 0 aliphatic rings. The van der Waals surface area contributed by atoms with Crippen LogP contribution in [0.1, 0.15) is 5.56 Å². The molecule has 2 amide bonds. The lowest BCUT2D eigenvalue weighted by molar-refractivity contribution is -0.147. The van der Waals surface area contributed by atoms with Gasteiger partial charge in [-0.05, 0) is 28.8 Å². The highest BCUT2D eigenvalue weighted by molar-refractivity contribution is 5.94. The minimum absolute atomic E-state index is 0.00103. The summed E-state index contributed by atoms with van der Waals surface area (Å²) in [6, 6.07) is 20.1. The van der Waals surface area contributed by atoms with Crippen molar-refractivity contribution in [3.05, 3.63) is 90.0 Å². The van der Waals surface area contributed by atoms with E-state index in [-0.39, 0.29) is 12.1 Å². The van der Waals surface area contributed by atoms with Gasteiger partial charge in [-0.1, -0.05) is 54.6 Å². The van der Waals surface area contributed by atoms with Crippen molar-refractivity contribution in [1.29, 1.82) is 0 Å². The SMILES string of the molecule is O=C(COC(=O)Cc1ccc(-c2ccccc2)cc1)NCC(=O)Nc1ccc(F)c(F)c1. The van der Waals surface area contributed by atoms with Gasteiger partial charge in [0.15, 0.2) is 18.2 Å². The molecule has 6 nitrogen and oxygen atoms in total. The molecule has 0 heterocycles. The maximum Gasteiger partial charge on any atom is 0.310 e. The Kier molecular flexibility index (Phi) is 7.64. The van der Waals surface area contributed by atoms with E-state index >= 15 is 0 Å². The Bertz CT molecular complexity index is 1100. The van der Waals surface area contributed by atoms with E-state index in [4.69, 9.17) is 4.74 Å². The van der Waals surface area contributed by atoms with E-state index in [2.05, 4.69) is 10.6 Å². The van der Waals surface area contributed by atoms with Gasteiger partial charge in [0.05, 0.1) is 13.0 Å². The summed E-state index contributed by atoms with van der Waals surface area (Å²) >= 11 is 0. The van der Waals surface area contributed by atoms with Gasteiger partial charge in [-0.2, -0.15) is 0 Å². The topological polar surface area (TPSA) is 84.5 Å². The van der Waals surface area contributed by atoms with E-state index in [9.17, 15) is 23.2 Å². The number of benzene rings is 3. The standard InChI is InChI=1S/C24H20F2N2O4/c25-20-11-10-19(13-21(20)26)28-22(29)14-27-23(30)15-32-24(31)12-16-6-8-18(9-7-16)17-4-2-1-3-5-17/h1-11,13H,12,14-15H2,(H,27,30)(H,28,29). The average Bonchev–Trinajstić information content (AvgIpc) is 2.80. The van der Waals surface area contributed by atoms with Crippen LogP contribution in [0.2, 0.25) is 0 Å². The number of hydrogen-bond acceptors (Lipinski definition) is 4. The molecule has 0 unspecified atom stereocenters. The highest BCUT2D eigenvalue weighted by atomic mass is 19.2. The third kappa shape index (κ3) is 6.73. The van der Waals surface area contributed by atoms with Crippen molar-refractivity contribution in [3.63, 3.8) is 0 Å². The lowest BCUT2D eigenvalue weighted by atomic mass is 10.0. The second kappa shape index (κ2) is 10.8. The van der Waals surface area contributed by atoms with E-state index in [1.165, 1.54) is 6.07 Å². The fourth-order valence-corrected chi connectivity index (χ4v) is 2.82. The Hall–Kier alpha value is -4.07. The highest BCUT2D eigenvalue weighted by Crippen LogP contribution is 2.19. The van der Waals surface area contributed by atoms with Crippen LogP contribution in [-0.2, 0) is 25.5 Å². The van der Waals surface area contributed by atoms with Crippen molar-refractivity contribution in [2.45, 2.75) is 6.42 Å². The van der Waals surface area contributed by atoms with Gasteiger partial charge < -0.3 is 15.4 Å².